The number of anilines is 1. The van der Waals surface area contributed by atoms with E-state index in [2.05, 4.69) is 14.9 Å². The number of nitrogens with zero attached hydrogens (tertiary/aromatic N) is 1. The third-order valence-electron chi connectivity index (χ3n) is 4.84. The molecule has 0 atom stereocenters. The van der Waals surface area contributed by atoms with Gasteiger partial charge in [0.2, 0.25) is 0 Å². The first-order valence-corrected chi connectivity index (χ1v) is 11.2. The molecule has 2 aromatic rings. The van der Waals surface area contributed by atoms with Crippen LogP contribution in [0.5, 0.6) is 0 Å². The maximum Gasteiger partial charge on any atom is 0.261 e. The number of nitrogens with one attached hydrogen (secondary N) is 2. The Kier molecular flexibility index (Phi) is 7.06. The van der Waals surface area contributed by atoms with Crippen LogP contribution in [0.15, 0.2) is 59.5 Å². The molecular formula is C21H27N3O3S. The van der Waals surface area contributed by atoms with Crippen LogP contribution in [0, 0.1) is 0 Å². The van der Waals surface area contributed by atoms with E-state index < -0.39 is 10.0 Å². The predicted octanol–water partition coefficient (Wildman–Crippen LogP) is 3.09. The van der Waals surface area contributed by atoms with Crippen LogP contribution in [0.25, 0.3) is 0 Å². The first-order valence-electron chi connectivity index (χ1n) is 9.73. The molecule has 2 N–H and O–H groups in total. The smallest absolute Gasteiger partial charge is 0.261 e. The highest BCUT2D eigenvalue weighted by Crippen LogP contribution is 2.16. The molecule has 0 aliphatic carbocycles. The summed E-state index contributed by atoms with van der Waals surface area (Å²) in [6.07, 6.45) is 4.80. The first kappa shape index (κ1) is 20.4. The molecule has 0 saturated carbocycles. The number of carbonyl (C=O) groups is 1. The molecule has 1 aliphatic rings. The summed E-state index contributed by atoms with van der Waals surface area (Å²) in [5, 5.41) is 2.93. The van der Waals surface area contributed by atoms with Gasteiger partial charge >= 0.3 is 0 Å². The second-order valence-corrected chi connectivity index (χ2v) is 8.69. The molecule has 6 nitrogen and oxygen atoms in total. The summed E-state index contributed by atoms with van der Waals surface area (Å²) >= 11 is 0. The molecule has 0 unspecified atom stereocenters. The van der Waals surface area contributed by atoms with Gasteiger partial charge in [0.1, 0.15) is 0 Å². The summed E-state index contributed by atoms with van der Waals surface area (Å²) in [6.45, 7) is 3.97. The van der Waals surface area contributed by atoms with Crippen molar-refractivity contribution in [3.8, 4) is 0 Å². The van der Waals surface area contributed by atoms with Crippen LogP contribution in [0.2, 0.25) is 0 Å². The van der Waals surface area contributed by atoms with Crippen molar-refractivity contribution in [2.75, 3.05) is 30.9 Å². The molecule has 1 fully saturated rings. The van der Waals surface area contributed by atoms with Gasteiger partial charge in [-0.3, -0.25) is 9.52 Å². The fourth-order valence-electron chi connectivity index (χ4n) is 3.29. The number of benzene rings is 2. The van der Waals surface area contributed by atoms with E-state index in [1.807, 2.05) is 0 Å². The molecule has 2 aromatic carbocycles. The second-order valence-electron chi connectivity index (χ2n) is 7.01. The van der Waals surface area contributed by atoms with Gasteiger partial charge in [0.05, 0.1) is 4.90 Å². The lowest BCUT2D eigenvalue weighted by atomic mass is 10.1. The van der Waals surface area contributed by atoms with Gasteiger partial charge in [-0.05, 0) is 75.3 Å². The summed E-state index contributed by atoms with van der Waals surface area (Å²) in [6, 6.07) is 14.6. The molecule has 28 heavy (non-hydrogen) atoms. The largest absolute Gasteiger partial charge is 0.352 e. The summed E-state index contributed by atoms with van der Waals surface area (Å²) in [5.74, 6) is -0.142. The maximum absolute atomic E-state index is 12.3. The molecule has 1 aliphatic heterocycles. The van der Waals surface area contributed by atoms with Crippen LogP contribution in [0.3, 0.4) is 0 Å². The number of rotatable bonds is 8. The molecule has 150 valence electrons. The molecule has 0 radical (unpaired) electrons. The van der Waals surface area contributed by atoms with E-state index in [0.29, 0.717) is 17.8 Å². The van der Waals surface area contributed by atoms with Crippen LogP contribution < -0.4 is 10.0 Å². The van der Waals surface area contributed by atoms with Crippen LogP contribution in [0.1, 0.15) is 36.0 Å². The van der Waals surface area contributed by atoms with E-state index in [0.717, 1.165) is 26.1 Å². The van der Waals surface area contributed by atoms with Crippen molar-refractivity contribution in [2.45, 2.75) is 30.6 Å². The van der Waals surface area contributed by atoms with Crippen LogP contribution in [0.4, 0.5) is 5.69 Å². The molecule has 0 bridgehead atoms. The van der Waals surface area contributed by atoms with Crippen molar-refractivity contribution < 1.29 is 13.2 Å². The second kappa shape index (κ2) is 9.71. The minimum atomic E-state index is -3.63. The minimum absolute atomic E-state index is 0.142. The zero-order chi connectivity index (χ0) is 19.8. The van der Waals surface area contributed by atoms with Crippen LogP contribution >= 0.6 is 0 Å². The number of amides is 1. The Balaban J connectivity index is 1.47. The fourth-order valence-corrected chi connectivity index (χ4v) is 4.37. The summed E-state index contributed by atoms with van der Waals surface area (Å²) in [4.78, 5) is 14.9. The van der Waals surface area contributed by atoms with Crippen molar-refractivity contribution in [3.63, 3.8) is 0 Å². The Morgan fingerprint density at radius 3 is 2.29 bits per heavy atom. The van der Waals surface area contributed by atoms with E-state index in [1.54, 1.807) is 42.5 Å². The summed E-state index contributed by atoms with van der Waals surface area (Å²) in [7, 11) is -3.63. The molecule has 0 aromatic heterocycles. The Morgan fingerprint density at radius 2 is 1.61 bits per heavy atom. The maximum atomic E-state index is 12.3. The van der Waals surface area contributed by atoms with E-state index >= 15 is 0 Å². The molecule has 7 heteroatoms. The van der Waals surface area contributed by atoms with Gasteiger partial charge in [0.15, 0.2) is 0 Å². The number of likely N-dealkylation sites (tertiary alicyclic amines) is 1. The third kappa shape index (κ3) is 5.81. The van der Waals surface area contributed by atoms with Crippen molar-refractivity contribution in [3.05, 3.63) is 60.2 Å². The van der Waals surface area contributed by atoms with Gasteiger partial charge in [-0.2, -0.15) is 0 Å². The van der Waals surface area contributed by atoms with E-state index in [9.17, 15) is 13.2 Å². The van der Waals surface area contributed by atoms with Gasteiger partial charge in [-0.15, -0.1) is 0 Å². The first-order chi connectivity index (χ1) is 13.5. The standard InChI is InChI=1S/C21H27N3O3S/c25-21(22-14-7-17-24-15-5-2-6-16-24)18-10-12-19(13-11-18)23-28(26,27)20-8-3-1-4-9-20/h1,3-4,8-13,23H,2,5-7,14-17H2,(H,22,25). The number of carbonyl (C=O) groups excluding carboxylic acids is 1. The monoisotopic (exact) mass is 401 g/mol. The summed E-state index contributed by atoms with van der Waals surface area (Å²) in [5.41, 5.74) is 0.936. The highest BCUT2D eigenvalue weighted by Gasteiger charge is 2.14. The van der Waals surface area contributed by atoms with Gasteiger partial charge in [0, 0.05) is 17.8 Å². The molecular weight excluding hydrogens is 374 g/mol. The Hall–Kier alpha value is -2.38. The fraction of sp³-hybridized carbons (Fsp3) is 0.381. The lowest BCUT2D eigenvalue weighted by Crippen LogP contribution is -2.33. The normalized spacial score (nSPS) is 15.1. The van der Waals surface area contributed by atoms with Gasteiger partial charge in [-0.1, -0.05) is 24.6 Å². The van der Waals surface area contributed by atoms with Crippen molar-refractivity contribution in [1.82, 2.24) is 10.2 Å². The lowest BCUT2D eigenvalue weighted by molar-refractivity contribution is 0.0951. The SMILES string of the molecule is O=C(NCCCN1CCCCC1)c1ccc(NS(=O)(=O)c2ccccc2)cc1. The molecule has 0 spiro atoms. The highest BCUT2D eigenvalue weighted by atomic mass is 32.2. The van der Waals surface area contributed by atoms with Crippen LogP contribution in [-0.2, 0) is 10.0 Å². The molecule has 3 rings (SSSR count). The molecule has 1 amide bonds. The minimum Gasteiger partial charge on any atom is -0.352 e. The van der Waals surface area contributed by atoms with E-state index in [4.69, 9.17) is 0 Å². The topological polar surface area (TPSA) is 78.5 Å². The van der Waals surface area contributed by atoms with Gasteiger partial charge in [0.25, 0.3) is 15.9 Å². The zero-order valence-electron chi connectivity index (χ0n) is 15.9. The predicted molar refractivity (Wildman–Crippen MR) is 111 cm³/mol. The Morgan fingerprint density at radius 1 is 0.929 bits per heavy atom. The Bertz CT molecular complexity index is 862. The van der Waals surface area contributed by atoms with Crippen molar-refractivity contribution in [1.29, 1.82) is 0 Å². The van der Waals surface area contributed by atoms with Crippen molar-refractivity contribution in [2.24, 2.45) is 0 Å². The number of hydrogen-bond donors (Lipinski definition) is 2. The van der Waals surface area contributed by atoms with E-state index in [-0.39, 0.29) is 10.8 Å². The van der Waals surface area contributed by atoms with Crippen LogP contribution in [-0.4, -0.2) is 45.4 Å². The highest BCUT2D eigenvalue weighted by molar-refractivity contribution is 7.92. The molecule has 1 heterocycles. The van der Waals surface area contributed by atoms with Gasteiger partial charge < -0.3 is 10.2 Å². The summed E-state index contributed by atoms with van der Waals surface area (Å²) < 4.78 is 27.2. The van der Waals surface area contributed by atoms with Crippen molar-refractivity contribution >= 4 is 21.6 Å². The van der Waals surface area contributed by atoms with Gasteiger partial charge in [-0.25, -0.2) is 8.42 Å². The average Bonchev–Trinajstić information content (AvgIpc) is 2.73. The Labute approximate surface area is 167 Å². The molecule has 1 saturated heterocycles. The zero-order valence-corrected chi connectivity index (χ0v) is 16.7. The number of piperidine rings is 1. The third-order valence-corrected chi connectivity index (χ3v) is 6.24. The number of hydrogen-bond acceptors (Lipinski definition) is 4. The number of sulfonamides is 1. The average molecular weight is 402 g/mol. The lowest BCUT2D eigenvalue weighted by Gasteiger charge is -2.26. The quantitative estimate of drug-likeness (QED) is 0.667. The van der Waals surface area contributed by atoms with E-state index in [1.165, 1.54) is 31.4 Å².